The van der Waals surface area contributed by atoms with Crippen LogP contribution in [0.3, 0.4) is 0 Å². The summed E-state index contributed by atoms with van der Waals surface area (Å²) in [5.74, 6) is 0.568. The molecule has 0 saturated heterocycles. The molecule has 1 saturated carbocycles. The maximum atomic E-state index is 14.3. The number of carbonyl (C=O) groups excluding carboxylic acids is 2. The zero-order valence-electron chi connectivity index (χ0n) is 22.4. The van der Waals surface area contributed by atoms with Crippen molar-refractivity contribution in [3.8, 4) is 11.5 Å². The van der Waals surface area contributed by atoms with Crippen molar-refractivity contribution in [2.45, 2.75) is 70.6 Å². The second kappa shape index (κ2) is 11.3. The number of nitrogens with zero attached hydrogens (tertiary/aromatic N) is 3. The molecule has 2 heterocycles. The molecular weight excluding hydrogens is 480 g/mol. The Morgan fingerprint density at radius 2 is 1.79 bits per heavy atom. The van der Waals surface area contributed by atoms with Crippen LogP contribution in [0.1, 0.15) is 61.9 Å². The smallest absolute Gasteiger partial charge is 0.272 e. The maximum Gasteiger partial charge on any atom is 0.272 e. The number of fused-ring (bicyclic) bond motifs is 1. The lowest BCUT2D eigenvalue weighted by Crippen LogP contribution is -2.52. The van der Waals surface area contributed by atoms with E-state index in [0.29, 0.717) is 28.4 Å². The average molecular weight is 517 g/mol. The van der Waals surface area contributed by atoms with Gasteiger partial charge in [0.1, 0.15) is 12.6 Å². The predicted molar refractivity (Wildman–Crippen MR) is 145 cm³/mol. The van der Waals surface area contributed by atoms with Crippen molar-refractivity contribution in [3.05, 3.63) is 71.5 Å². The normalized spacial score (nSPS) is 18.0. The van der Waals surface area contributed by atoms with Gasteiger partial charge in [0.05, 0.1) is 5.69 Å². The quantitative estimate of drug-likeness (QED) is 0.494. The molecular formula is C30H36N4O4. The third-order valence-corrected chi connectivity index (χ3v) is 7.45. The Labute approximate surface area is 223 Å². The molecule has 2 aromatic carbocycles. The molecule has 1 aromatic heterocycles. The summed E-state index contributed by atoms with van der Waals surface area (Å²) in [6, 6.07) is 14.3. The van der Waals surface area contributed by atoms with Crippen molar-refractivity contribution < 1.29 is 19.1 Å². The third-order valence-electron chi connectivity index (χ3n) is 7.45. The van der Waals surface area contributed by atoms with E-state index < -0.39 is 12.1 Å². The number of benzene rings is 2. The van der Waals surface area contributed by atoms with Gasteiger partial charge in [-0.25, -0.2) is 0 Å². The highest BCUT2D eigenvalue weighted by atomic mass is 16.6. The molecule has 1 aliphatic carbocycles. The minimum Gasteiger partial charge on any atom is -0.485 e. The van der Waals surface area contributed by atoms with Gasteiger partial charge in [0.15, 0.2) is 11.5 Å². The molecule has 0 bridgehead atoms. The van der Waals surface area contributed by atoms with Crippen molar-refractivity contribution >= 4 is 17.5 Å². The minimum absolute atomic E-state index is 0.0579. The second-order valence-corrected chi connectivity index (χ2v) is 10.2. The minimum atomic E-state index is -0.911. The first-order chi connectivity index (χ1) is 18.4. The van der Waals surface area contributed by atoms with Crippen LogP contribution >= 0.6 is 0 Å². The average Bonchev–Trinajstić information content (AvgIpc) is 3.28. The van der Waals surface area contributed by atoms with Crippen molar-refractivity contribution in [3.63, 3.8) is 0 Å². The number of ether oxygens (including phenoxy) is 2. The molecule has 2 atom stereocenters. The highest BCUT2D eigenvalue weighted by Crippen LogP contribution is 2.35. The Hall–Kier alpha value is -3.81. The van der Waals surface area contributed by atoms with Crippen LogP contribution in [0, 0.1) is 6.92 Å². The Kier molecular flexibility index (Phi) is 7.67. The fraction of sp³-hybridized carbons (Fsp3) is 0.433. The summed E-state index contributed by atoms with van der Waals surface area (Å²) in [5.41, 5.74) is 3.16. The molecule has 1 aliphatic heterocycles. The van der Waals surface area contributed by atoms with Crippen LogP contribution in [0.2, 0.25) is 0 Å². The summed E-state index contributed by atoms with van der Waals surface area (Å²) >= 11 is 0. The van der Waals surface area contributed by atoms with Gasteiger partial charge < -0.3 is 14.8 Å². The summed E-state index contributed by atoms with van der Waals surface area (Å²) in [6.45, 7) is 4.01. The number of amides is 2. The molecule has 3 aromatic rings. The number of anilines is 1. The van der Waals surface area contributed by atoms with E-state index in [2.05, 4.69) is 17.3 Å². The van der Waals surface area contributed by atoms with Crippen molar-refractivity contribution in [2.24, 2.45) is 7.05 Å². The Bertz CT molecular complexity index is 1280. The molecule has 200 valence electrons. The highest BCUT2D eigenvalue weighted by Gasteiger charge is 2.41. The number of para-hydroxylation sites is 2. The van der Waals surface area contributed by atoms with Gasteiger partial charge in [-0.1, -0.05) is 50.5 Å². The van der Waals surface area contributed by atoms with Crippen LogP contribution in [-0.4, -0.2) is 40.3 Å². The Morgan fingerprint density at radius 1 is 1.08 bits per heavy atom. The molecule has 38 heavy (non-hydrogen) atoms. The molecule has 0 radical (unpaired) electrons. The number of aryl methyl sites for hydroxylation is 3. The Morgan fingerprint density at radius 3 is 2.45 bits per heavy atom. The zero-order chi connectivity index (χ0) is 26.6. The first kappa shape index (κ1) is 25.8. The number of nitrogens with one attached hydrogen (secondary N) is 1. The standard InChI is InChI=1S/C30H36N4O4/c1-4-21-14-16-23(17-15-21)34(30(36)27-19-37-25-12-8-9-13-26(25)38-27)28(24-18-33(3)32-20(24)2)29(35)31-22-10-6-5-7-11-22/h8-9,12-18,22,27-28H,4-7,10-11,19H2,1-3H3,(H,31,35). The first-order valence-corrected chi connectivity index (χ1v) is 13.6. The Balaban J connectivity index is 1.56. The number of carbonyl (C=O) groups is 2. The molecule has 2 aliphatic rings. The van der Waals surface area contributed by atoms with Crippen LogP contribution in [0.5, 0.6) is 11.5 Å². The van der Waals surface area contributed by atoms with E-state index in [1.165, 1.54) is 6.42 Å². The lowest BCUT2D eigenvalue weighted by atomic mass is 9.94. The van der Waals surface area contributed by atoms with Crippen molar-refractivity contribution in [1.82, 2.24) is 15.1 Å². The maximum absolute atomic E-state index is 14.3. The van der Waals surface area contributed by atoms with E-state index in [4.69, 9.17) is 9.47 Å². The lowest BCUT2D eigenvalue weighted by Gasteiger charge is -2.36. The van der Waals surface area contributed by atoms with Crippen LogP contribution in [0.4, 0.5) is 5.69 Å². The van der Waals surface area contributed by atoms with Crippen molar-refractivity contribution in [2.75, 3.05) is 11.5 Å². The van der Waals surface area contributed by atoms with Crippen LogP contribution in [-0.2, 0) is 23.1 Å². The van der Waals surface area contributed by atoms with Gasteiger partial charge in [-0.2, -0.15) is 5.10 Å². The topological polar surface area (TPSA) is 85.7 Å². The molecule has 0 spiro atoms. The van der Waals surface area contributed by atoms with Crippen LogP contribution < -0.4 is 19.7 Å². The van der Waals surface area contributed by atoms with Crippen molar-refractivity contribution in [1.29, 1.82) is 0 Å². The lowest BCUT2D eigenvalue weighted by molar-refractivity contribution is -0.132. The zero-order valence-corrected chi connectivity index (χ0v) is 22.4. The summed E-state index contributed by atoms with van der Waals surface area (Å²) in [7, 11) is 1.82. The van der Waals surface area contributed by atoms with Gasteiger partial charge in [-0.15, -0.1) is 0 Å². The number of rotatable bonds is 7. The van der Waals surface area contributed by atoms with E-state index in [9.17, 15) is 9.59 Å². The molecule has 2 unspecified atom stereocenters. The number of aromatic nitrogens is 2. The summed E-state index contributed by atoms with van der Waals surface area (Å²) in [5, 5.41) is 7.77. The van der Waals surface area contributed by atoms with Crippen LogP contribution in [0.25, 0.3) is 0 Å². The molecule has 1 fully saturated rings. The molecule has 8 heteroatoms. The van der Waals surface area contributed by atoms with Crippen LogP contribution in [0.15, 0.2) is 54.7 Å². The van der Waals surface area contributed by atoms with Gasteiger partial charge in [-0.3, -0.25) is 19.2 Å². The van der Waals surface area contributed by atoms with Gasteiger partial charge in [-0.05, 0) is 56.0 Å². The molecule has 5 rings (SSSR count). The van der Waals surface area contributed by atoms with E-state index in [1.54, 1.807) is 15.6 Å². The number of hydrogen-bond acceptors (Lipinski definition) is 5. The summed E-state index contributed by atoms with van der Waals surface area (Å²) in [4.78, 5) is 30.0. The molecule has 1 N–H and O–H groups in total. The van der Waals surface area contributed by atoms with E-state index in [0.717, 1.165) is 37.7 Å². The van der Waals surface area contributed by atoms with Gasteiger partial charge in [0.25, 0.3) is 5.91 Å². The van der Waals surface area contributed by atoms with Gasteiger partial charge in [0.2, 0.25) is 12.0 Å². The van der Waals surface area contributed by atoms with E-state index in [-0.39, 0.29) is 24.5 Å². The number of hydrogen-bond donors (Lipinski definition) is 1. The SMILES string of the molecule is CCc1ccc(N(C(=O)C2COc3ccccc3O2)C(C(=O)NC2CCCCC2)c2cn(C)nc2C)cc1. The predicted octanol–water partition coefficient (Wildman–Crippen LogP) is 4.65. The summed E-state index contributed by atoms with van der Waals surface area (Å²) in [6.07, 6.45) is 7.06. The highest BCUT2D eigenvalue weighted by molar-refractivity contribution is 6.03. The van der Waals surface area contributed by atoms with Gasteiger partial charge in [0, 0.05) is 30.5 Å². The van der Waals surface area contributed by atoms with E-state index in [1.807, 2.05) is 62.6 Å². The fourth-order valence-corrected chi connectivity index (χ4v) is 5.40. The molecule has 2 amide bonds. The summed E-state index contributed by atoms with van der Waals surface area (Å²) < 4.78 is 13.7. The second-order valence-electron chi connectivity index (χ2n) is 10.2. The van der Waals surface area contributed by atoms with Gasteiger partial charge >= 0.3 is 0 Å². The van der Waals surface area contributed by atoms with E-state index >= 15 is 0 Å². The third kappa shape index (κ3) is 5.39. The molecule has 8 nitrogen and oxygen atoms in total. The fourth-order valence-electron chi connectivity index (χ4n) is 5.40. The monoisotopic (exact) mass is 516 g/mol. The first-order valence-electron chi connectivity index (χ1n) is 13.6. The largest absolute Gasteiger partial charge is 0.485 e.